The number of furan rings is 1. The molecule has 0 radical (unpaired) electrons. The van der Waals surface area contributed by atoms with E-state index in [4.69, 9.17) is 10.2 Å². The lowest BCUT2D eigenvalue weighted by Crippen LogP contribution is -2.12. The second-order valence-corrected chi connectivity index (χ2v) is 6.47. The number of para-hydroxylation sites is 1. The average Bonchev–Trinajstić information content (AvgIpc) is 2.83. The molecule has 0 amide bonds. The van der Waals surface area contributed by atoms with Gasteiger partial charge in [0.15, 0.2) is 0 Å². The molecule has 0 saturated carbocycles. The summed E-state index contributed by atoms with van der Waals surface area (Å²) in [5.41, 5.74) is 11.0. The van der Waals surface area contributed by atoms with E-state index in [0.717, 1.165) is 27.6 Å². The molecule has 2 aromatic carbocycles. The Hall–Kier alpha value is -1.58. The first-order valence-corrected chi connectivity index (χ1v) is 7.83. The Morgan fingerprint density at radius 2 is 1.81 bits per heavy atom. The Kier molecular flexibility index (Phi) is 3.87. The summed E-state index contributed by atoms with van der Waals surface area (Å²) in [6.07, 6.45) is 0.778. The van der Waals surface area contributed by atoms with E-state index >= 15 is 0 Å². The van der Waals surface area contributed by atoms with Gasteiger partial charge in [-0.15, -0.1) is 0 Å². The minimum atomic E-state index is -0.134. The van der Waals surface area contributed by atoms with Crippen molar-refractivity contribution in [3.05, 3.63) is 69.4 Å². The summed E-state index contributed by atoms with van der Waals surface area (Å²) in [7, 11) is 0. The molecule has 1 atom stereocenters. The zero-order valence-corrected chi connectivity index (χ0v) is 13.8. The van der Waals surface area contributed by atoms with Crippen LogP contribution in [0.3, 0.4) is 0 Å². The normalized spacial score (nSPS) is 12.8. The zero-order valence-electron chi connectivity index (χ0n) is 12.2. The molecule has 0 aliphatic rings. The van der Waals surface area contributed by atoms with Crippen molar-refractivity contribution in [3.63, 3.8) is 0 Å². The average molecular weight is 344 g/mol. The van der Waals surface area contributed by atoms with Crippen LogP contribution < -0.4 is 5.73 Å². The van der Waals surface area contributed by atoms with E-state index in [1.54, 1.807) is 0 Å². The van der Waals surface area contributed by atoms with Gasteiger partial charge in [0, 0.05) is 5.39 Å². The van der Waals surface area contributed by atoms with Gasteiger partial charge >= 0.3 is 0 Å². The SMILES string of the molecule is Cc1cc(C)cc(CC(N)c2cc3cccc(Br)c3o2)c1. The van der Waals surface area contributed by atoms with E-state index < -0.39 is 0 Å². The predicted octanol–water partition coefficient (Wildman–Crippen LogP) is 5.05. The van der Waals surface area contributed by atoms with Crippen LogP contribution in [0.15, 0.2) is 51.4 Å². The summed E-state index contributed by atoms with van der Waals surface area (Å²) in [6.45, 7) is 4.22. The molecular weight excluding hydrogens is 326 g/mol. The van der Waals surface area contributed by atoms with E-state index in [1.807, 2.05) is 24.3 Å². The molecule has 0 spiro atoms. The minimum Gasteiger partial charge on any atom is -0.458 e. The van der Waals surface area contributed by atoms with Gasteiger partial charge in [0.05, 0.1) is 10.5 Å². The molecule has 0 bridgehead atoms. The van der Waals surface area contributed by atoms with Gasteiger partial charge in [-0.2, -0.15) is 0 Å². The topological polar surface area (TPSA) is 39.2 Å². The Balaban J connectivity index is 1.89. The second-order valence-electron chi connectivity index (χ2n) is 5.61. The molecule has 2 nitrogen and oxygen atoms in total. The van der Waals surface area contributed by atoms with Crippen molar-refractivity contribution < 1.29 is 4.42 Å². The Bertz CT molecular complexity index is 771. The fourth-order valence-electron chi connectivity index (χ4n) is 2.77. The van der Waals surface area contributed by atoms with Crippen molar-refractivity contribution in [2.75, 3.05) is 0 Å². The van der Waals surface area contributed by atoms with Crippen LogP contribution >= 0.6 is 15.9 Å². The van der Waals surface area contributed by atoms with E-state index in [1.165, 1.54) is 16.7 Å². The third-order valence-electron chi connectivity index (χ3n) is 3.62. The molecule has 1 unspecified atom stereocenters. The fourth-order valence-corrected chi connectivity index (χ4v) is 3.23. The third-order valence-corrected chi connectivity index (χ3v) is 4.24. The Morgan fingerprint density at radius 3 is 2.48 bits per heavy atom. The second kappa shape index (κ2) is 5.66. The van der Waals surface area contributed by atoms with Gasteiger partial charge in [-0.25, -0.2) is 0 Å². The molecule has 1 heterocycles. The van der Waals surface area contributed by atoms with Crippen LogP contribution in [0.5, 0.6) is 0 Å². The number of fused-ring (bicyclic) bond motifs is 1. The van der Waals surface area contributed by atoms with Crippen molar-refractivity contribution in [2.24, 2.45) is 5.73 Å². The van der Waals surface area contributed by atoms with Gasteiger partial charge in [0.1, 0.15) is 11.3 Å². The van der Waals surface area contributed by atoms with Crippen molar-refractivity contribution in [3.8, 4) is 0 Å². The predicted molar refractivity (Wildman–Crippen MR) is 90.5 cm³/mol. The van der Waals surface area contributed by atoms with Gasteiger partial charge in [0.25, 0.3) is 0 Å². The summed E-state index contributed by atoms with van der Waals surface area (Å²) >= 11 is 3.51. The Labute approximate surface area is 133 Å². The van der Waals surface area contributed by atoms with E-state index in [2.05, 4.69) is 48.0 Å². The minimum absolute atomic E-state index is 0.134. The van der Waals surface area contributed by atoms with Crippen LogP contribution in [-0.2, 0) is 6.42 Å². The molecule has 2 N–H and O–H groups in total. The van der Waals surface area contributed by atoms with E-state index in [-0.39, 0.29) is 6.04 Å². The van der Waals surface area contributed by atoms with E-state index in [0.29, 0.717) is 0 Å². The van der Waals surface area contributed by atoms with Crippen LogP contribution in [0.2, 0.25) is 0 Å². The quantitative estimate of drug-likeness (QED) is 0.722. The molecule has 0 saturated heterocycles. The standard InChI is InChI=1S/C18H18BrNO/c1-11-6-12(2)8-13(7-11)9-16(20)17-10-14-4-3-5-15(19)18(14)21-17/h3-8,10,16H,9,20H2,1-2H3. The molecule has 0 fully saturated rings. The van der Waals surface area contributed by atoms with Crippen molar-refractivity contribution in [2.45, 2.75) is 26.3 Å². The number of benzene rings is 2. The zero-order chi connectivity index (χ0) is 15.0. The number of hydrogen-bond acceptors (Lipinski definition) is 2. The number of nitrogens with two attached hydrogens (primary N) is 1. The lowest BCUT2D eigenvalue weighted by Gasteiger charge is -2.10. The maximum Gasteiger partial charge on any atom is 0.148 e. The Morgan fingerprint density at radius 1 is 1.10 bits per heavy atom. The summed E-state index contributed by atoms with van der Waals surface area (Å²) in [5, 5.41) is 1.08. The largest absolute Gasteiger partial charge is 0.458 e. The summed E-state index contributed by atoms with van der Waals surface area (Å²) < 4.78 is 6.88. The highest BCUT2D eigenvalue weighted by molar-refractivity contribution is 9.10. The van der Waals surface area contributed by atoms with E-state index in [9.17, 15) is 0 Å². The van der Waals surface area contributed by atoms with Crippen LogP contribution in [0.4, 0.5) is 0 Å². The highest BCUT2D eigenvalue weighted by Crippen LogP contribution is 2.30. The lowest BCUT2D eigenvalue weighted by molar-refractivity contribution is 0.493. The summed E-state index contributed by atoms with van der Waals surface area (Å²) in [4.78, 5) is 0. The van der Waals surface area contributed by atoms with Gasteiger partial charge in [-0.05, 0) is 53.9 Å². The molecule has 0 aliphatic heterocycles. The third kappa shape index (κ3) is 3.04. The summed E-state index contributed by atoms with van der Waals surface area (Å²) in [5.74, 6) is 0.830. The van der Waals surface area contributed by atoms with Crippen LogP contribution in [0.25, 0.3) is 11.0 Å². The van der Waals surface area contributed by atoms with Gasteiger partial charge < -0.3 is 10.2 Å². The highest BCUT2D eigenvalue weighted by atomic mass is 79.9. The first-order chi connectivity index (χ1) is 10.0. The molecule has 108 valence electrons. The van der Waals surface area contributed by atoms with Gasteiger partial charge in [-0.1, -0.05) is 41.5 Å². The van der Waals surface area contributed by atoms with Crippen LogP contribution in [-0.4, -0.2) is 0 Å². The number of halogens is 1. The molecule has 21 heavy (non-hydrogen) atoms. The van der Waals surface area contributed by atoms with Crippen LogP contribution in [0.1, 0.15) is 28.5 Å². The first kappa shape index (κ1) is 14.4. The smallest absolute Gasteiger partial charge is 0.148 e. The monoisotopic (exact) mass is 343 g/mol. The molecule has 1 aromatic heterocycles. The number of hydrogen-bond donors (Lipinski definition) is 1. The van der Waals surface area contributed by atoms with Crippen molar-refractivity contribution in [1.29, 1.82) is 0 Å². The van der Waals surface area contributed by atoms with Crippen molar-refractivity contribution in [1.82, 2.24) is 0 Å². The molecule has 3 rings (SSSR count). The fraction of sp³-hybridized carbons (Fsp3) is 0.222. The molecular formula is C18H18BrNO. The maximum atomic E-state index is 6.33. The molecule has 3 heteroatoms. The maximum absolute atomic E-state index is 6.33. The summed E-state index contributed by atoms with van der Waals surface area (Å²) in [6, 6.07) is 14.5. The van der Waals surface area contributed by atoms with Crippen molar-refractivity contribution >= 4 is 26.9 Å². The number of rotatable bonds is 3. The lowest BCUT2D eigenvalue weighted by atomic mass is 10.0. The highest BCUT2D eigenvalue weighted by Gasteiger charge is 2.14. The number of aryl methyl sites for hydroxylation is 2. The first-order valence-electron chi connectivity index (χ1n) is 7.03. The van der Waals surface area contributed by atoms with Gasteiger partial charge in [-0.3, -0.25) is 0 Å². The molecule has 3 aromatic rings. The van der Waals surface area contributed by atoms with Gasteiger partial charge in [0.2, 0.25) is 0 Å². The molecule has 0 aliphatic carbocycles. The van der Waals surface area contributed by atoms with Crippen LogP contribution in [0, 0.1) is 13.8 Å².